The molecular weight excluding hydrogens is 228 g/mol. The van der Waals surface area contributed by atoms with Crippen LogP contribution in [0.5, 0.6) is 0 Å². The minimum absolute atomic E-state index is 0.291. The quantitative estimate of drug-likeness (QED) is 0.902. The number of aryl methyl sites for hydroxylation is 1. The van der Waals surface area contributed by atoms with Crippen molar-refractivity contribution in [2.45, 2.75) is 33.7 Å². The van der Waals surface area contributed by atoms with Gasteiger partial charge in [0.25, 0.3) is 0 Å². The summed E-state index contributed by atoms with van der Waals surface area (Å²) < 4.78 is 2.15. The zero-order valence-electron chi connectivity index (χ0n) is 11.0. The van der Waals surface area contributed by atoms with Crippen molar-refractivity contribution >= 4 is 17.0 Å². The molecule has 0 amide bonds. The van der Waals surface area contributed by atoms with Crippen LogP contribution in [0.3, 0.4) is 0 Å². The van der Waals surface area contributed by atoms with Crippen molar-refractivity contribution in [3.05, 3.63) is 29.6 Å². The fraction of sp³-hybridized carbons (Fsp3) is 0.429. The molecule has 1 heterocycles. The number of carboxylic acid groups (broad SMARTS) is 1. The van der Waals surface area contributed by atoms with Crippen LogP contribution in [0.25, 0.3) is 11.0 Å². The molecule has 0 aliphatic rings. The zero-order chi connectivity index (χ0) is 13.3. The van der Waals surface area contributed by atoms with Crippen LogP contribution in [-0.4, -0.2) is 20.6 Å². The van der Waals surface area contributed by atoms with Crippen LogP contribution in [0, 0.1) is 5.92 Å². The van der Waals surface area contributed by atoms with Gasteiger partial charge in [0.05, 0.1) is 16.6 Å². The first-order valence-electron chi connectivity index (χ1n) is 6.25. The lowest BCUT2D eigenvalue weighted by molar-refractivity contribution is 0.0697. The summed E-state index contributed by atoms with van der Waals surface area (Å²) in [6, 6.07) is 5.13. The fourth-order valence-corrected chi connectivity index (χ4v) is 2.19. The molecule has 0 aliphatic carbocycles. The van der Waals surface area contributed by atoms with E-state index < -0.39 is 5.97 Å². The lowest BCUT2D eigenvalue weighted by Gasteiger charge is -2.07. The topological polar surface area (TPSA) is 55.1 Å². The Kier molecular flexibility index (Phi) is 3.36. The monoisotopic (exact) mass is 246 g/mol. The van der Waals surface area contributed by atoms with Crippen molar-refractivity contribution in [3.63, 3.8) is 0 Å². The largest absolute Gasteiger partial charge is 0.478 e. The third-order valence-electron chi connectivity index (χ3n) is 2.98. The van der Waals surface area contributed by atoms with E-state index in [0.717, 1.165) is 29.8 Å². The van der Waals surface area contributed by atoms with Gasteiger partial charge in [-0.2, -0.15) is 0 Å². The van der Waals surface area contributed by atoms with E-state index in [1.54, 1.807) is 12.1 Å². The first-order chi connectivity index (χ1) is 8.52. The average molecular weight is 246 g/mol. The van der Waals surface area contributed by atoms with E-state index in [0.29, 0.717) is 11.5 Å². The third-order valence-corrected chi connectivity index (χ3v) is 2.98. The van der Waals surface area contributed by atoms with E-state index in [4.69, 9.17) is 5.11 Å². The van der Waals surface area contributed by atoms with Crippen molar-refractivity contribution < 1.29 is 9.90 Å². The first kappa shape index (κ1) is 12.6. The van der Waals surface area contributed by atoms with Crippen LogP contribution in [-0.2, 0) is 13.0 Å². The average Bonchev–Trinajstić information content (AvgIpc) is 2.63. The second-order valence-corrected chi connectivity index (χ2v) is 4.88. The number of imidazole rings is 1. The lowest BCUT2D eigenvalue weighted by Crippen LogP contribution is -2.05. The molecule has 4 heteroatoms. The van der Waals surface area contributed by atoms with Crippen LogP contribution in [0.1, 0.15) is 37.0 Å². The number of carbonyl (C=O) groups is 1. The molecule has 18 heavy (non-hydrogen) atoms. The van der Waals surface area contributed by atoms with Crippen molar-refractivity contribution in [2.24, 2.45) is 5.92 Å². The molecule has 1 aromatic heterocycles. The summed E-state index contributed by atoms with van der Waals surface area (Å²) in [5.41, 5.74) is 2.07. The summed E-state index contributed by atoms with van der Waals surface area (Å²) in [6.07, 6.45) is 0.908. The van der Waals surface area contributed by atoms with E-state index in [9.17, 15) is 4.79 Å². The van der Waals surface area contributed by atoms with Gasteiger partial charge in [-0.1, -0.05) is 13.8 Å². The molecule has 96 valence electrons. The van der Waals surface area contributed by atoms with Crippen LogP contribution in [0.4, 0.5) is 0 Å². The molecule has 0 radical (unpaired) electrons. The summed E-state index contributed by atoms with van der Waals surface area (Å²) in [7, 11) is 0. The Balaban J connectivity index is 2.56. The Morgan fingerprint density at radius 3 is 2.72 bits per heavy atom. The maximum Gasteiger partial charge on any atom is 0.335 e. The minimum Gasteiger partial charge on any atom is -0.478 e. The maximum atomic E-state index is 10.9. The van der Waals surface area contributed by atoms with Crippen molar-refractivity contribution in [1.82, 2.24) is 9.55 Å². The predicted molar refractivity (Wildman–Crippen MR) is 70.9 cm³/mol. The smallest absolute Gasteiger partial charge is 0.335 e. The Bertz CT molecular complexity index is 585. The number of aromatic nitrogens is 2. The molecule has 0 saturated heterocycles. The van der Waals surface area contributed by atoms with Gasteiger partial charge >= 0.3 is 5.97 Å². The highest BCUT2D eigenvalue weighted by atomic mass is 16.4. The van der Waals surface area contributed by atoms with E-state index in [1.807, 2.05) is 6.07 Å². The van der Waals surface area contributed by atoms with Gasteiger partial charge in [0, 0.05) is 13.0 Å². The van der Waals surface area contributed by atoms with Crippen molar-refractivity contribution in [1.29, 1.82) is 0 Å². The molecule has 0 fully saturated rings. The highest BCUT2D eigenvalue weighted by Gasteiger charge is 2.12. The number of nitrogens with zero attached hydrogens (tertiary/aromatic N) is 2. The second-order valence-electron chi connectivity index (χ2n) is 4.88. The van der Waals surface area contributed by atoms with Crippen LogP contribution in [0.15, 0.2) is 18.2 Å². The second kappa shape index (κ2) is 4.80. The van der Waals surface area contributed by atoms with Gasteiger partial charge in [0.1, 0.15) is 5.82 Å². The summed E-state index contributed by atoms with van der Waals surface area (Å²) in [4.78, 5) is 15.5. The molecule has 0 aliphatic heterocycles. The van der Waals surface area contributed by atoms with E-state index in [2.05, 4.69) is 30.3 Å². The summed E-state index contributed by atoms with van der Waals surface area (Å²) in [5.74, 6) is 0.657. The Labute approximate surface area is 106 Å². The Hall–Kier alpha value is -1.84. The standard InChI is InChI=1S/C14H18N2O2/c1-4-16-12-6-5-10(14(17)18)8-11(12)15-13(16)7-9(2)3/h5-6,8-9H,4,7H2,1-3H3,(H,17,18). The van der Waals surface area contributed by atoms with E-state index in [-0.39, 0.29) is 0 Å². The molecule has 0 atom stereocenters. The molecular formula is C14H18N2O2. The summed E-state index contributed by atoms with van der Waals surface area (Å²) in [5, 5.41) is 8.99. The summed E-state index contributed by atoms with van der Waals surface area (Å²) in [6.45, 7) is 7.24. The van der Waals surface area contributed by atoms with Crippen LogP contribution in [0.2, 0.25) is 0 Å². The normalized spacial score (nSPS) is 11.3. The van der Waals surface area contributed by atoms with E-state index in [1.165, 1.54) is 0 Å². The number of hydrogen-bond acceptors (Lipinski definition) is 2. The molecule has 4 nitrogen and oxygen atoms in total. The minimum atomic E-state index is -0.909. The molecule has 2 aromatic rings. The van der Waals surface area contributed by atoms with Gasteiger partial charge < -0.3 is 9.67 Å². The van der Waals surface area contributed by atoms with Gasteiger partial charge in [-0.15, -0.1) is 0 Å². The Morgan fingerprint density at radius 2 is 2.17 bits per heavy atom. The maximum absolute atomic E-state index is 10.9. The zero-order valence-corrected chi connectivity index (χ0v) is 11.0. The number of rotatable bonds is 4. The lowest BCUT2D eigenvalue weighted by atomic mass is 10.1. The van der Waals surface area contributed by atoms with Crippen LogP contribution >= 0.6 is 0 Å². The number of carboxylic acids is 1. The van der Waals surface area contributed by atoms with E-state index >= 15 is 0 Å². The molecule has 0 saturated carbocycles. The van der Waals surface area contributed by atoms with Gasteiger partial charge in [-0.05, 0) is 31.0 Å². The molecule has 0 spiro atoms. The van der Waals surface area contributed by atoms with Crippen molar-refractivity contribution in [3.8, 4) is 0 Å². The number of hydrogen-bond donors (Lipinski definition) is 1. The first-order valence-corrected chi connectivity index (χ1v) is 6.25. The van der Waals surface area contributed by atoms with Gasteiger partial charge in [0.15, 0.2) is 0 Å². The molecule has 0 unspecified atom stereocenters. The van der Waals surface area contributed by atoms with Crippen molar-refractivity contribution in [2.75, 3.05) is 0 Å². The molecule has 1 N–H and O–H groups in total. The number of fused-ring (bicyclic) bond motifs is 1. The highest BCUT2D eigenvalue weighted by Crippen LogP contribution is 2.20. The number of aromatic carboxylic acids is 1. The third kappa shape index (κ3) is 2.23. The van der Waals surface area contributed by atoms with Gasteiger partial charge in [-0.25, -0.2) is 9.78 Å². The molecule has 0 bridgehead atoms. The van der Waals surface area contributed by atoms with Crippen LogP contribution < -0.4 is 0 Å². The molecule has 2 rings (SSSR count). The highest BCUT2D eigenvalue weighted by molar-refractivity contribution is 5.92. The number of benzene rings is 1. The van der Waals surface area contributed by atoms with Gasteiger partial charge in [0.2, 0.25) is 0 Å². The Morgan fingerprint density at radius 1 is 1.44 bits per heavy atom. The fourth-order valence-electron chi connectivity index (χ4n) is 2.19. The SMILES string of the molecule is CCn1c(CC(C)C)nc2cc(C(=O)O)ccc21. The molecule has 1 aromatic carbocycles. The summed E-state index contributed by atoms with van der Waals surface area (Å²) >= 11 is 0. The van der Waals surface area contributed by atoms with Gasteiger partial charge in [-0.3, -0.25) is 0 Å². The predicted octanol–water partition coefficient (Wildman–Crippen LogP) is 2.95.